The highest BCUT2D eigenvalue weighted by atomic mass is 32.2. The molecule has 2 aromatic carbocycles. The molecule has 4 rings (SSSR count). The number of anilines is 1. The standard InChI is InChI=1S/C49H66N10O15S2/c1-76-22-14-37(47(72)59(41(62)25-50)38(48(73)74)7-2-3-15-58-39(60)12-13-40(58)61)53-46(71)34-6-4-5-33(23-34)26-51-49(75)52-35-10-8-32(9-11-35)24-36-27-56(30-44(67)68)19-18-54(28-42(63)64)16-17-55(29-43(65)66)20-21-57(36)31-45(69)70/h4-6,8-13,23,36-38H,2-3,7,14-22,24-31,50H2,1H3,(H,53,71)(H,63,64)(H,65,66)(H,67,68)(H,69,70)(H,73,74)(H2,51,52,75)/t36?,37-,38-/m0/s1. The van der Waals surface area contributed by atoms with Gasteiger partial charge in [-0.1, -0.05) is 24.3 Å². The molecule has 414 valence electrons. The first kappa shape index (κ1) is 61.7. The van der Waals surface area contributed by atoms with Crippen molar-refractivity contribution in [3.63, 3.8) is 0 Å². The largest absolute Gasteiger partial charge is 0.480 e. The molecule has 2 aliphatic heterocycles. The van der Waals surface area contributed by atoms with Crippen molar-refractivity contribution >= 4 is 94.2 Å². The zero-order valence-corrected chi connectivity index (χ0v) is 43.7. The molecule has 0 aliphatic carbocycles. The fourth-order valence-electron chi connectivity index (χ4n) is 8.61. The Bertz CT molecular complexity index is 2430. The summed E-state index contributed by atoms with van der Waals surface area (Å²) >= 11 is 6.93. The van der Waals surface area contributed by atoms with Gasteiger partial charge >= 0.3 is 29.8 Å². The van der Waals surface area contributed by atoms with Gasteiger partial charge in [0.1, 0.15) is 12.1 Å². The number of nitrogens with one attached hydrogen (secondary N) is 3. The van der Waals surface area contributed by atoms with Crippen molar-refractivity contribution in [2.45, 2.75) is 56.8 Å². The average molecular weight is 1100 g/mol. The van der Waals surface area contributed by atoms with E-state index in [1.54, 1.807) is 68.3 Å². The zero-order chi connectivity index (χ0) is 55.9. The smallest absolute Gasteiger partial charge is 0.326 e. The second kappa shape index (κ2) is 31.2. The van der Waals surface area contributed by atoms with Crippen LogP contribution in [-0.2, 0) is 56.1 Å². The summed E-state index contributed by atoms with van der Waals surface area (Å²) in [6.45, 7) is -0.974. The van der Waals surface area contributed by atoms with E-state index in [9.17, 15) is 73.5 Å². The number of unbranched alkanes of at least 4 members (excludes halogenated alkanes) is 1. The van der Waals surface area contributed by atoms with Crippen molar-refractivity contribution in [1.82, 2.24) is 40.0 Å². The molecule has 2 heterocycles. The molecule has 0 aromatic heterocycles. The van der Waals surface area contributed by atoms with Crippen LogP contribution >= 0.6 is 24.0 Å². The van der Waals surface area contributed by atoms with Gasteiger partial charge in [0.15, 0.2) is 5.11 Å². The van der Waals surface area contributed by atoms with E-state index in [0.29, 0.717) is 21.9 Å². The number of carboxylic acid groups (broad SMARTS) is 5. The first-order valence-corrected chi connectivity index (χ1v) is 26.1. The normalized spacial score (nSPS) is 16.9. The van der Waals surface area contributed by atoms with Gasteiger partial charge in [0, 0.05) is 88.3 Å². The van der Waals surface area contributed by atoms with E-state index >= 15 is 0 Å². The molecule has 0 radical (unpaired) electrons. The van der Waals surface area contributed by atoms with Gasteiger partial charge in [-0.3, -0.25) is 72.6 Å². The molecular formula is C49H66N10O15S2. The van der Waals surface area contributed by atoms with E-state index in [0.717, 1.165) is 22.6 Å². The summed E-state index contributed by atoms with van der Waals surface area (Å²) in [4.78, 5) is 133. The van der Waals surface area contributed by atoms with Crippen molar-refractivity contribution in [1.29, 1.82) is 0 Å². The van der Waals surface area contributed by atoms with Gasteiger partial charge in [0.25, 0.3) is 23.6 Å². The predicted molar refractivity (Wildman–Crippen MR) is 281 cm³/mol. The molecule has 1 unspecified atom stereocenters. The van der Waals surface area contributed by atoms with E-state index in [2.05, 4.69) is 16.0 Å². The second-order valence-corrected chi connectivity index (χ2v) is 19.4. The van der Waals surface area contributed by atoms with Crippen LogP contribution in [0.3, 0.4) is 0 Å². The molecule has 25 nitrogen and oxygen atoms in total. The number of imide groups is 2. The van der Waals surface area contributed by atoms with Crippen molar-refractivity contribution in [2.24, 2.45) is 5.73 Å². The third-order valence-electron chi connectivity index (χ3n) is 12.4. The van der Waals surface area contributed by atoms with Crippen LogP contribution in [0.4, 0.5) is 5.69 Å². The lowest BCUT2D eigenvalue weighted by molar-refractivity contribution is -0.158. The van der Waals surface area contributed by atoms with Crippen LogP contribution < -0.4 is 21.7 Å². The Labute approximate surface area is 448 Å². The molecule has 0 saturated carbocycles. The SMILES string of the molecule is CSCC[C@H](NC(=O)c1cccc(CNC(=S)Nc2ccc(CC3CN(CC(=O)O)CCN(CC(=O)O)CCN(CC(=O)O)CCN3CC(=O)O)cc2)c1)C(=O)N(C(=O)CN)[C@@H](CCCCN1C(=O)C=CC1=O)C(=O)O. The number of nitrogens with zero attached hydrogens (tertiary/aromatic N) is 6. The number of hydrogen-bond acceptors (Lipinski definition) is 17. The molecule has 2 aromatic rings. The van der Waals surface area contributed by atoms with E-state index in [-0.39, 0.29) is 121 Å². The van der Waals surface area contributed by atoms with Crippen LogP contribution in [0.5, 0.6) is 0 Å². The average Bonchev–Trinajstić information content (AvgIpc) is 3.68. The molecule has 76 heavy (non-hydrogen) atoms. The van der Waals surface area contributed by atoms with Crippen molar-refractivity contribution < 1.29 is 73.5 Å². The molecule has 1 fully saturated rings. The maximum Gasteiger partial charge on any atom is 0.326 e. The number of benzene rings is 2. The summed E-state index contributed by atoms with van der Waals surface area (Å²) in [6, 6.07) is 9.96. The first-order chi connectivity index (χ1) is 36.2. The number of nitrogens with two attached hydrogens (primary N) is 1. The third kappa shape index (κ3) is 20.7. The summed E-state index contributed by atoms with van der Waals surface area (Å²) < 4.78 is 0. The van der Waals surface area contributed by atoms with Gasteiger partial charge in [-0.15, -0.1) is 0 Å². The van der Waals surface area contributed by atoms with Crippen LogP contribution in [0.25, 0.3) is 0 Å². The van der Waals surface area contributed by atoms with E-state index < -0.39 is 90.6 Å². The van der Waals surface area contributed by atoms with Crippen molar-refractivity contribution in [3.8, 4) is 0 Å². The Balaban J connectivity index is 1.43. The Morgan fingerprint density at radius 1 is 0.750 bits per heavy atom. The number of hydrogen-bond donors (Lipinski definition) is 9. The van der Waals surface area contributed by atoms with E-state index in [1.807, 2.05) is 0 Å². The summed E-state index contributed by atoms with van der Waals surface area (Å²) in [6.07, 6.45) is 4.45. The van der Waals surface area contributed by atoms with Gasteiger partial charge in [0.2, 0.25) is 5.91 Å². The quantitative estimate of drug-likeness (QED) is 0.0305. The van der Waals surface area contributed by atoms with Crippen LogP contribution in [0.15, 0.2) is 60.7 Å². The highest BCUT2D eigenvalue weighted by molar-refractivity contribution is 7.98. The summed E-state index contributed by atoms with van der Waals surface area (Å²) in [5.41, 5.74) is 7.74. The molecule has 5 amide bonds. The minimum Gasteiger partial charge on any atom is -0.480 e. The van der Waals surface area contributed by atoms with E-state index in [4.69, 9.17) is 18.0 Å². The maximum atomic E-state index is 14.1. The van der Waals surface area contributed by atoms with Crippen molar-refractivity contribution in [3.05, 3.63) is 77.4 Å². The topological polar surface area (TPSA) is 353 Å². The summed E-state index contributed by atoms with van der Waals surface area (Å²) in [5.74, 6) is -9.18. The summed E-state index contributed by atoms with van der Waals surface area (Å²) in [5, 5.41) is 58.1. The number of carboxylic acids is 5. The van der Waals surface area contributed by atoms with Gasteiger partial charge in [0.05, 0.1) is 32.7 Å². The lowest BCUT2D eigenvalue weighted by Gasteiger charge is -2.37. The Kier molecular flexibility index (Phi) is 25.3. The Morgan fingerprint density at radius 3 is 1.89 bits per heavy atom. The molecule has 10 N–H and O–H groups in total. The first-order valence-electron chi connectivity index (χ1n) is 24.3. The number of thiocarbonyl (C=S) groups is 1. The Morgan fingerprint density at radius 2 is 1.33 bits per heavy atom. The van der Waals surface area contributed by atoms with Crippen molar-refractivity contribution in [2.75, 3.05) is 102 Å². The lowest BCUT2D eigenvalue weighted by Crippen LogP contribution is -2.57. The molecule has 1 saturated heterocycles. The third-order valence-corrected chi connectivity index (χ3v) is 13.3. The Hall–Kier alpha value is -6.88. The molecule has 2 aliphatic rings. The minimum absolute atomic E-state index is 0.0108. The summed E-state index contributed by atoms with van der Waals surface area (Å²) in [7, 11) is 0. The lowest BCUT2D eigenvalue weighted by atomic mass is 10.0. The van der Waals surface area contributed by atoms with Crippen LogP contribution in [0.1, 0.15) is 47.2 Å². The fraction of sp³-hybridized carbons (Fsp3) is 0.490. The highest BCUT2D eigenvalue weighted by Crippen LogP contribution is 2.19. The highest BCUT2D eigenvalue weighted by Gasteiger charge is 2.38. The second-order valence-electron chi connectivity index (χ2n) is 18.0. The molecule has 3 atom stereocenters. The predicted octanol–water partition coefficient (Wildman–Crippen LogP) is -0.642. The van der Waals surface area contributed by atoms with Crippen LogP contribution in [-0.4, -0.2) is 235 Å². The van der Waals surface area contributed by atoms with Crippen LogP contribution in [0.2, 0.25) is 0 Å². The van der Waals surface area contributed by atoms with E-state index in [1.165, 1.54) is 17.8 Å². The number of amides is 5. The zero-order valence-electron chi connectivity index (χ0n) is 42.0. The molecule has 0 spiro atoms. The minimum atomic E-state index is -1.65. The van der Waals surface area contributed by atoms with Gasteiger partial charge in [-0.05, 0) is 91.7 Å². The number of thioether (sulfide) groups is 1. The number of carbonyl (C=O) groups excluding carboxylic acids is 5. The van der Waals surface area contributed by atoms with Crippen LogP contribution in [0, 0.1) is 0 Å². The maximum absolute atomic E-state index is 14.1. The fourth-order valence-corrected chi connectivity index (χ4v) is 9.27. The number of aliphatic carboxylic acids is 5. The van der Waals surface area contributed by atoms with Gasteiger partial charge in [-0.25, -0.2) is 4.79 Å². The molecule has 0 bridgehead atoms. The number of rotatable bonds is 27. The molecule has 27 heteroatoms. The monoisotopic (exact) mass is 1100 g/mol. The van der Waals surface area contributed by atoms with Gasteiger partial charge in [-0.2, -0.15) is 11.8 Å². The van der Waals surface area contributed by atoms with Gasteiger partial charge < -0.3 is 47.2 Å². The molecular weight excluding hydrogens is 1030 g/mol. The number of carbonyl (C=O) groups is 10.